The van der Waals surface area contributed by atoms with Crippen LogP contribution >= 0.6 is 11.8 Å². The van der Waals surface area contributed by atoms with Gasteiger partial charge in [-0.2, -0.15) is 13.2 Å². The Balaban J connectivity index is 1.75. The number of nitrogens with one attached hydrogen (secondary N) is 1. The van der Waals surface area contributed by atoms with Crippen LogP contribution in [0.2, 0.25) is 0 Å². The third-order valence-corrected chi connectivity index (χ3v) is 4.32. The van der Waals surface area contributed by atoms with E-state index in [1.807, 2.05) is 0 Å². The first kappa shape index (κ1) is 17.1. The topological polar surface area (TPSA) is 54.9 Å². The van der Waals surface area contributed by atoms with Crippen molar-refractivity contribution in [3.63, 3.8) is 0 Å². The number of carbonyl (C=O) groups excluding carboxylic acids is 1. The summed E-state index contributed by atoms with van der Waals surface area (Å²) >= 11 is 1.06. The Kier molecular flexibility index (Phi) is 6.05. The number of alkyl halides is 3. The molecule has 0 saturated heterocycles. The summed E-state index contributed by atoms with van der Waals surface area (Å²) in [5, 5.41) is 3.01. The third kappa shape index (κ3) is 5.47. The molecule has 122 valence electrons. The highest BCUT2D eigenvalue weighted by atomic mass is 32.2. The van der Waals surface area contributed by atoms with E-state index >= 15 is 0 Å². The molecule has 8 heteroatoms. The van der Waals surface area contributed by atoms with Crippen molar-refractivity contribution in [3.05, 3.63) is 18.0 Å². The molecule has 1 saturated carbocycles. The van der Waals surface area contributed by atoms with Gasteiger partial charge in [-0.05, 0) is 18.9 Å². The molecule has 2 rings (SSSR count). The lowest BCUT2D eigenvalue weighted by Crippen LogP contribution is -2.36. The Morgan fingerprint density at radius 3 is 2.73 bits per heavy atom. The van der Waals surface area contributed by atoms with E-state index in [4.69, 9.17) is 0 Å². The highest BCUT2D eigenvalue weighted by molar-refractivity contribution is 7.99. The van der Waals surface area contributed by atoms with Crippen molar-refractivity contribution in [2.24, 2.45) is 0 Å². The first-order chi connectivity index (χ1) is 10.4. The number of nitrogens with zero attached hydrogens (tertiary/aromatic N) is 2. The van der Waals surface area contributed by atoms with Gasteiger partial charge in [0.2, 0.25) is 5.91 Å². The molecule has 1 amide bonds. The van der Waals surface area contributed by atoms with Crippen molar-refractivity contribution < 1.29 is 18.0 Å². The van der Waals surface area contributed by atoms with E-state index < -0.39 is 11.9 Å². The lowest BCUT2D eigenvalue weighted by atomic mass is 9.95. The fourth-order valence-electron chi connectivity index (χ4n) is 2.35. The zero-order valence-electron chi connectivity index (χ0n) is 12.0. The maximum absolute atomic E-state index is 12.5. The van der Waals surface area contributed by atoms with E-state index in [0.717, 1.165) is 49.7 Å². The zero-order chi connectivity index (χ0) is 16.0. The van der Waals surface area contributed by atoms with E-state index in [0.29, 0.717) is 5.75 Å². The summed E-state index contributed by atoms with van der Waals surface area (Å²) in [6.07, 6.45) is 2.37. The normalized spacial score (nSPS) is 16.5. The van der Waals surface area contributed by atoms with E-state index in [1.165, 1.54) is 6.42 Å². The van der Waals surface area contributed by atoms with Gasteiger partial charge in [0.1, 0.15) is 5.69 Å². The fraction of sp³-hybridized carbons (Fsp3) is 0.643. The molecule has 1 aliphatic rings. The fourth-order valence-corrected chi connectivity index (χ4v) is 3.12. The minimum absolute atomic E-state index is 0.0419. The zero-order valence-corrected chi connectivity index (χ0v) is 12.8. The summed E-state index contributed by atoms with van der Waals surface area (Å²) in [5.41, 5.74) is -0.961. The number of thioether (sulfide) groups is 1. The molecule has 1 aliphatic carbocycles. The van der Waals surface area contributed by atoms with Crippen LogP contribution in [0.25, 0.3) is 0 Å². The second-order valence-electron chi connectivity index (χ2n) is 5.22. The SMILES string of the molecule is O=C(CCSc1nccc(C(F)(F)F)n1)NC1CCCCC1. The second kappa shape index (κ2) is 7.80. The van der Waals surface area contributed by atoms with E-state index in [9.17, 15) is 18.0 Å². The van der Waals surface area contributed by atoms with E-state index in [-0.39, 0.29) is 23.5 Å². The predicted molar refractivity (Wildman–Crippen MR) is 77.4 cm³/mol. The van der Waals surface area contributed by atoms with Crippen LogP contribution in [0.1, 0.15) is 44.2 Å². The molecule has 1 aromatic rings. The van der Waals surface area contributed by atoms with Gasteiger partial charge < -0.3 is 5.32 Å². The van der Waals surface area contributed by atoms with Crippen LogP contribution in [0.4, 0.5) is 13.2 Å². The average molecular weight is 333 g/mol. The Labute approximate surface area is 131 Å². The number of aromatic nitrogens is 2. The number of amides is 1. The van der Waals surface area contributed by atoms with Gasteiger partial charge in [0.15, 0.2) is 5.16 Å². The summed E-state index contributed by atoms with van der Waals surface area (Å²) in [4.78, 5) is 19.0. The summed E-state index contributed by atoms with van der Waals surface area (Å²) in [5.74, 6) is 0.297. The number of carbonyl (C=O) groups is 1. The number of rotatable bonds is 5. The minimum atomic E-state index is -4.48. The molecule has 0 bridgehead atoms. The van der Waals surface area contributed by atoms with Crippen molar-refractivity contribution in [1.82, 2.24) is 15.3 Å². The lowest BCUT2D eigenvalue weighted by molar-refractivity contribution is -0.141. The van der Waals surface area contributed by atoms with Crippen LogP contribution in [-0.4, -0.2) is 27.7 Å². The van der Waals surface area contributed by atoms with Crippen LogP contribution in [-0.2, 0) is 11.0 Å². The Morgan fingerprint density at radius 1 is 1.32 bits per heavy atom. The number of halogens is 3. The Morgan fingerprint density at radius 2 is 2.05 bits per heavy atom. The molecule has 1 aromatic heterocycles. The molecule has 0 unspecified atom stereocenters. The van der Waals surface area contributed by atoms with Gasteiger partial charge >= 0.3 is 6.18 Å². The maximum atomic E-state index is 12.5. The van der Waals surface area contributed by atoms with Gasteiger partial charge in [0.05, 0.1) is 0 Å². The summed E-state index contributed by atoms with van der Waals surface area (Å²) < 4.78 is 37.5. The van der Waals surface area contributed by atoms with E-state index in [1.54, 1.807) is 0 Å². The largest absolute Gasteiger partial charge is 0.433 e. The molecule has 0 radical (unpaired) electrons. The van der Waals surface area contributed by atoms with Gasteiger partial charge in [-0.3, -0.25) is 4.79 Å². The molecule has 0 aliphatic heterocycles. The highest BCUT2D eigenvalue weighted by Gasteiger charge is 2.32. The molecule has 1 N–H and O–H groups in total. The summed E-state index contributed by atoms with van der Waals surface area (Å²) in [6, 6.07) is 1.08. The van der Waals surface area contributed by atoms with Crippen molar-refractivity contribution in [2.75, 3.05) is 5.75 Å². The van der Waals surface area contributed by atoms with Gasteiger partial charge in [-0.15, -0.1) is 0 Å². The van der Waals surface area contributed by atoms with Crippen molar-refractivity contribution in [1.29, 1.82) is 0 Å². The first-order valence-electron chi connectivity index (χ1n) is 7.27. The first-order valence-corrected chi connectivity index (χ1v) is 8.26. The van der Waals surface area contributed by atoms with Crippen molar-refractivity contribution >= 4 is 17.7 Å². The Hall–Kier alpha value is -1.31. The summed E-state index contributed by atoms with van der Waals surface area (Å²) in [7, 11) is 0. The smallest absolute Gasteiger partial charge is 0.353 e. The lowest BCUT2D eigenvalue weighted by Gasteiger charge is -2.22. The van der Waals surface area contributed by atoms with Gasteiger partial charge in [0, 0.05) is 24.4 Å². The Bertz CT molecular complexity index is 504. The summed E-state index contributed by atoms with van der Waals surface area (Å²) in [6.45, 7) is 0. The number of hydrogen-bond donors (Lipinski definition) is 1. The van der Waals surface area contributed by atoms with Crippen LogP contribution in [0.5, 0.6) is 0 Å². The molecule has 22 heavy (non-hydrogen) atoms. The maximum Gasteiger partial charge on any atom is 0.433 e. The molecule has 1 fully saturated rings. The van der Waals surface area contributed by atoms with Gasteiger partial charge in [0.25, 0.3) is 0 Å². The molecular weight excluding hydrogens is 315 g/mol. The van der Waals surface area contributed by atoms with Crippen LogP contribution < -0.4 is 5.32 Å². The number of hydrogen-bond acceptors (Lipinski definition) is 4. The molecule has 1 heterocycles. The van der Waals surface area contributed by atoms with Crippen LogP contribution in [0.3, 0.4) is 0 Å². The second-order valence-corrected chi connectivity index (χ2v) is 6.29. The van der Waals surface area contributed by atoms with Crippen molar-refractivity contribution in [3.8, 4) is 0 Å². The quantitative estimate of drug-likeness (QED) is 0.662. The monoisotopic (exact) mass is 333 g/mol. The van der Waals surface area contributed by atoms with Gasteiger partial charge in [-0.25, -0.2) is 9.97 Å². The van der Waals surface area contributed by atoms with E-state index in [2.05, 4.69) is 15.3 Å². The predicted octanol–water partition coefficient (Wildman–Crippen LogP) is 3.43. The van der Waals surface area contributed by atoms with Crippen LogP contribution in [0.15, 0.2) is 17.4 Å². The average Bonchev–Trinajstić information content (AvgIpc) is 2.48. The standard InChI is InChI=1S/C14H18F3N3OS/c15-14(16,17)11-6-8-18-13(20-11)22-9-7-12(21)19-10-4-2-1-3-5-10/h6,8,10H,1-5,7,9H2,(H,19,21). The molecule has 4 nitrogen and oxygen atoms in total. The van der Waals surface area contributed by atoms with Gasteiger partial charge in [-0.1, -0.05) is 31.0 Å². The molecule has 0 spiro atoms. The third-order valence-electron chi connectivity index (χ3n) is 3.45. The highest BCUT2D eigenvalue weighted by Crippen LogP contribution is 2.28. The molecule has 0 aromatic carbocycles. The van der Waals surface area contributed by atoms with Crippen LogP contribution in [0, 0.1) is 0 Å². The molecule has 0 atom stereocenters. The molecular formula is C14H18F3N3OS. The minimum Gasteiger partial charge on any atom is -0.353 e. The van der Waals surface area contributed by atoms with Crippen molar-refractivity contribution in [2.45, 2.75) is 55.9 Å².